The van der Waals surface area contributed by atoms with Gasteiger partial charge in [-0.3, -0.25) is 0 Å². The van der Waals surface area contributed by atoms with Crippen molar-refractivity contribution in [2.24, 2.45) is 5.14 Å². The summed E-state index contributed by atoms with van der Waals surface area (Å²) in [5.41, 5.74) is 5.37. The number of rotatable bonds is 3. The van der Waals surface area contributed by atoms with E-state index in [-0.39, 0.29) is 22.1 Å². The van der Waals surface area contributed by atoms with Crippen molar-refractivity contribution >= 4 is 15.7 Å². The molecule has 0 fully saturated rings. The summed E-state index contributed by atoms with van der Waals surface area (Å²) in [6.45, 7) is 0. The van der Waals surface area contributed by atoms with E-state index in [9.17, 15) is 17.2 Å². The first-order chi connectivity index (χ1) is 9.27. The van der Waals surface area contributed by atoms with Gasteiger partial charge >= 0.3 is 0 Å². The number of hydrogen-bond acceptors (Lipinski definition) is 4. The van der Waals surface area contributed by atoms with Gasteiger partial charge in [-0.15, -0.1) is 0 Å². The number of benzene rings is 2. The van der Waals surface area contributed by atoms with Crippen LogP contribution < -0.4 is 15.6 Å². The van der Waals surface area contributed by atoms with Gasteiger partial charge in [-0.2, -0.15) is 0 Å². The molecule has 5 nitrogen and oxygen atoms in total. The maximum absolute atomic E-state index is 13.4. The van der Waals surface area contributed by atoms with Crippen LogP contribution in [-0.2, 0) is 10.0 Å². The van der Waals surface area contributed by atoms with E-state index in [0.29, 0.717) is 0 Å². The van der Waals surface area contributed by atoms with Crippen molar-refractivity contribution in [2.45, 2.75) is 4.90 Å². The Morgan fingerprint density at radius 2 is 1.75 bits per heavy atom. The topological polar surface area (TPSA) is 95.4 Å². The fourth-order valence-corrected chi connectivity index (χ4v) is 2.18. The average Bonchev–Trinajstić information content (AvgIpc) is 2.32. The molecule has 106 valence electrons. The molecule has 0 radical (unpaired) electrons. The molecule has 2 aromatic carbocycles. The van der Waals surface area contributed by atoms with Crippen LogP contribution in [0.2, 0.25) is 0 Å². The molecule has 2 aromatic rings. The van der Waals surface area contributed by atoms with Gasteiger partial charge in [0.1, 0.15) is 16.5 Å². The standard InChI is InChI=1S/C12H10F2N2O3S/c13-7-1-3-9(14)11(5-7)19-8-2-4-12(10(15)6-8)20(16,17)18/h1-6H,15H2,(H2,16,17,18). The van der Waals surface area contributed by atoms with Crippen molar-refractivity contribution in [3.63, 3.8) is 0 Å². The maximum Gasteiger partial charge on any atom is 0.240 e. The van der Waals surface area contributed by atoms with Gasteiger partial charge in [0.2, 0.25) is 10.0 Å². The summed E-state index contributed by atoms with van der Waals surface area (Å²) in [4.78, 5) is -0.274. The fraction of sp³-hybridized carbons (Fsp3) is 0. The zero-order valence-electron chi connectivity index (χ0n) is 10.0. The van der Waals surface area contributed by atoms with Gasteiger partial charge in [-0.25, -0.2) is 22.3 Å². The molecule has 0 unspecified atom stereocenters. The molecule has 0 aliphatic rings. The summed E-state index contributed by atoms with van der Waals surface area (Å²) in [6, 6.07) is 6.23. The summed E-state index contributed by atoms with van der Waals surface area (Å²) in [7, 11) is -3.95. The van der Waals surface area contributed by atoms with Crippen LogP contribution in [0.1, 0.15) is 0 Å². The van der Waals surface area contributed by atoms with Gasteiger partial charge in [0, 0.05) is 12.1 Å². The number of ether oxygens (including phenoxy) is 1. The van der Waals surface area contributed by atoms with Crippen LogP contribution in [0.5, 0.6) is 11.5 Å². The number of nitrogen functional groups attached to an aromatic ring is 1. The minimum atomic E-state index is -3.95. The van der Waals surface area contributed by atoms with E-state index in [0.717, 1.165) is 30.3 Å². The minimum absolute atomic E-state index is 0.0550. The van der Waals surface area contributed by atoms with Gasteiger partial charge in [0.05, 0.1) is 5.69 Å². The summed E-state index contributed by atoms with van der Waals surface area (Å²) in [6.07, 6.45) is 0. The Hall–Kier alpha value is -2.19. The maximum atomic E-state index is 13.4. The first-order valence-electron chi connectivity index (χ1n) is 5.32. The highest BCUT2D eigenvalue weighted by molar-refractivity contribution is 7.89. The number of halogens is 2. The van der Waals surface area contributed by atoms with E-state index in [4.69, 9.17) is 15.6 Å². The molecular weight excluding hydrogens is 290 g/mol. The molecule has 0 saturated heterocycles. The van der Waals surface area contributed by atoms with E-state index in [2.05, 4.69) is 0 Å². The highest BCUT2D eigenvalue weighted by Crippen LogP contribution is 2.29. The van der Waals surface area contributed by atoms with E-state index >= 15 is 0 Å². The largest absolute Gasteiger partial charge is 0.454 e. The Morgan fingerprint density at radius 3 is 2.35 bits per heavy atom. The Morgan fingerprint density at radius 1 is 1.05 bits per heavy atom. The minimum Gasteiger partial charge on any atom is -0.454 e. The smallest absolute Gasteiger partial charge is 0.240 e. The summed E-state index contributed by atoms with van der Waals surface area (Å²) in [5.74, 6) is -1.72. The molecule has 0 aliphatic carbocycles. The van der Waals surface area contributed by atoms with Crippen LogP contribution in [0.25, 0.3) is 0 Å². The van der Waals surface area contributed by atoms with Crippen molar-refractivity contribution in [2.75, 3.05) is 5.73 Å². The molecule has 2 rings (SSSR count). The second-order valence-corrected chi connectivity index (χ2v) is 5.45. The number of hydrogen-bond donors (Lipinski definition) is 2. The summed E-state index contributed by atoms with van der Waals surface area (Å²) >= 11 is 0. The molecule has 8 heteroatoms. The molecular formula is C12H10F2N2O3S. The van der Waals surface area contributed by atoms with Crippen molar-refractivity contribution in [1.29, 1.82) is 0 Å². The molecule has 0 amide bonds. The highest BCUT2D eigenvalue weighted by atomic mass is 32.2. The predicted octanol–water partition coefficient (Wildman–Crippen LogP) is 1.99. The lowest BCUT2D eigenvalue weighted by atomic mass is 10.3. The van der Waals surface area contributed by atoms with Crippen LogP contribution >= 0.6 is 0 Å². The van der Waals surface area contributed by atoms with Gasteiger partial charge in [-0.05, 0) is 24.3 Å². The Bertz CT molecular complexity index is 763. The third-order valence-corrected chi connectivity index (χ3v) is 3.39. The second kappa shape index (κ2) is 5.06. The third kappa shape index (κ3) is 3.03. The molecule has 4 N–H and O–H groups in total. The number of anilines is 1. The lowest BCUT2D eigenvalue weighted by Crippen LogP contribution is -2.14. The SMILES string of the molecule is Nc1cc(Oc2cc(F)ccc2F)ccc1S(N)(=O)=O. The molecule has 0 atom stereocenters. The first-order valence-corrected chi connectivity index (χ1v) is 6.87. The molecule has 0 saturated carbocycles. The van der Waals surface area contributed by atoms with Crippen LogP contribution in [0.15, 0.2) is 41.3 Å². The Labute approximate surface area is 113 Å². The zero-order valence-corrected chi connectivity index (χ0v) is 10.8. The number of sulfonamides is 1. The molecule has 0 aliphatic heterocycles. The van der Waals surface area contributed by atoms with E-state index in [1.54, 1.807) is 0 Å². The zero-order chi connectivity index (χ0) is 14.9. The summed E-state index contributed by atoms with van der Waals surface area (Å²) < 4.78 is 53.8. The number of nitrogens with two attached hydrogens (primary N) is 2. The van der Waals surface area contributed by atoms with Crippen molar-refractivity contribution < 1.29 is 21.9 Å². The average molecular weight is 300 g/mol. The number of primary sulfonamides is 1. The van der Waals surface area contributed by atoms with Crippen LogP contribution in [-0.4, -0.2) is 8.42 Å². The van der Waals surface area contributed by atoms with Crippen LogP contribution in [0.4, 0.5) is 14.5 Å². The Kier molecular flexibility index (Phi) is 3.60. The molecule has 0 heterocycles. The lowest BCUT2D eigenvalue weighted by Gasteiger charge is -2.09. The van der Waals surface area contributed by atoms with Gasteiger partial charge in [0.15, 0.2) is 11.6 Å². The summed E-state index contributed by atoms with van der Waals surface area (Å²) in [5, 5.41) is 4.95. The third-order valence-electron chi connectivity index (χ3n) is 2.41. The molecule has 0 aromatic heterocycles. The quantitative estimate of drug-likeness (QED) is 0.847. The lowest BCUT2D eigenvalue weighted by molar-refractivity contribution is 0.436. The van der Waals surface area contributed by atoms with E-state index in [1.165, 1.54) is 6.07 Å². The fourth-order valence-electron chi connectivity index (χ4n) is 1.53. The van der Waals surface area contributed by atoms with E-state index in [1.807, 2.05) is 0 Å². The van der Waals surface area contributed by atoms with Crippen molar-refractivity contribution in [3.05, 3.63) is 48.0 Å². The van der Waals surface area contributed by atoms with Gasteiger partial charge in [0.25, 0.3) is 0 Å². The van der Waals surface area contributed by atoms with Crippen LogP contribution in [0, 0.1) is 11.6 Å². The van der Waals surface area contributed by atoms with Crippen molar-refractivity contribution in [3.8, 4) is 11.5 Å². The molecule has 0 spiro atoms. The Balaban J connectivity index is 2.36. The monoisotopic (exact) mass is 300 g/mol. The molecule has 0 bridgehead atoms. The highest BCUT2D eigenvalue weighted by Gasteiger charge is 2.14. The first kappa shape index (κ1) is 14.2. The normalized spacial score (nSPS) is 11.3. The van der Waals surface area contributed by atoms with Crippen molar-refractivity contribution in [1.82, 2.24) is 0 Å². The van der Waals surface area contributed by atoms with E-state index < -0.39 is 21.7 Å². The second-order valence-electron chi connectivity index (χ2n) is 3.92. The predicted molar refractivity (Wildman–Crippen MR) is 68.7 cm³/mol. The van der Waals surface area contributed by atoms with Crippen LogP contribution in [0.3, 0.4) is 0 Å². The van der Waals surface area contributed by atoms with Gasteiger partial charge < -0.3 is 10.5 Å². The molecule has 20 heavy (non-hydrogen) atoms. The van der Waals surface area contributed by atoms with Gasteiger partial charge in [-0.1, -0.05) is 0 Å².